The fourth-order valence-electron chi connectivity index (χ4n) is 2.94. The number of carbonyl (C=O) groups is 1. The van der Waals surface area contributed by atoms with E-state index in [2.05, 4.69) is 5.10 Å². The summed E-state index contributed by atoms with van der Waals surface area (Å²) < 4.78 is 23.8. The van der Waals surface area contributed by atoms with Gasteiger partial charge in [0, 0.05) is 18.9 Å². The van der Waals surface area contributed by atoms with Crippen LogP contribution in [0.25, 0.3) is 0 Å². The van der Waals surface area contributed by atoms with E-state index in [1.54, 1.807) is 32.4 Å². The number of halogens is 1. The summed E-state index contributed by atoms with van der Waals surface area (Å²) in [5.74, 6) is 0.757. The van der Waals surface area contributed by atoms with E-state index in [1.165, 1.54) is 24.1 Å². The summed E-state index contributed by atoms with van der Waals surface area (Å²) >= 11 is 0. The van der Waals surface area contributed by atoms with Crippen molar-refractivity contribution in [3.63, 3.8) is 0 Å². The number of amides is 1. The number of methoxy groups -OCH3 is 2. The molecule has 1 atom stereocenters. The molecule has 0 fully saturated rings. The van der Waals surface area contributed by atoms with Crippen molar-refractivity contribution < 1.29 is 18.7 Å². The van der Waals surface area contributed by atoms with E-state index in [-0.39, 0.29) is 17.8 Å². The van der Waals surface area contributed by atoms with Gasteiger partial charge < -0.3 is 9.47 Å². The van der Waals surface area contributed by atoms with Crippen LogP contribution in [-0.4, -0.2) is 30.8 Å². The van der Waals surface area contributed by atoms with Gasteiger partial charge in [0.05, 0.1) is 26.0 Å². The molecular weight excluding hydrogens is 323 g/mol. The van der Waals surface area contributed by atoms with Crippen molar-refractivity contribution in [2.24, 2.45) is 5.10 Å². The van der Waals surface area contributed by atoms with Crippen LogP contribution in [0, 0.1) is 5.82 Å². The lowest BCUT2D eigenvalue weighted by Crippen LogP contribution is -2.24. The third-order valence-electron chi connectivity index (χ3n) is 4.20. The van der Waals surface area contributed by atoms with Gasteiger partial charge in [-0.3, -0.25) is 4.79 Å². The number of hydrogen-bond acceptors (Lipinski definition) is 4. The predicted octanol–water partition coefficient (Wildman–Crippen LogP) is 3.54. The predicted molar refractivity (Wildman–Crippen MR) is 92.4 cm³/mol. The Morgan fingerprint density at radius 2 is 1.80 bits per heavy atom. The molecule has 5 nitrogen and oxygen atoms in total. The van der Waals surface area contributed by atoms with E-state index in [9.17, 15) is 9.18 Å². The van der Waals surface area contributed by atoms with Gasteiger partial charge in [0.25, 0.3) is 0 Å². The molecule has 2 aromatic carbocycles. The van der Waals surface area contributed by atoms with E-state index in [4.69, 9.17) is 9.47 Å². The summed E-state index contributed by atoms with van der Waals surface area (Å²) in [4.78, 5) is 12.0. The van der Waals surface area contributed by atoms with Crippen LogP contribution in [0.15, 0.2) is 47.6 Å². The van der Waals surface area contributed by atoms with Crippen molar-refractivity contribution in [2.75, 3.05) is 14.2 Å². The fourth-order valence-corrected chi connectivity index (χ4v) is 2.94. The van der Waals surface area contributed by atoms with Crippen molar-refractivity contribution in [2.45, 2.75) is 19.4 Å². The number of hydrazone groups is 1. The average molecular weight is 342 g/mol. The number of rotatable bonds is 4. The molecule has 3 rings (SSSR count). The Morgan fingerprint density at radius 3 is 2.40 bits per heavy atom. The summed E-state index contributed by atoms with van der Waals surface area (Å²) in [5, 5.41) is 5.92. The first-order valence-electron chi connectivity index (χ1n) is 7.88. The zero-order chi connectivity index (χ0) is 18.0. The molecule has 0 aliphatic carbocycles. The van der Waals surface area contributed by atoms with Crippen molar-refractivity contribution in [1.29, 1.82) is 0 Å². The summed E-state index contributed by atoms with van der Waals surface area (Å²) in [7, 11) is 3.15. The lowest BCUT2D eigenvalue weighted by molar-refractivity contribution is -0.130. The summed E-state index contributed by atoms with van der Waals surface area (Å²) in [5.41, 5.74) is 2.47. The number of hydrogen-bond donors (Lipinski definition) is 0. The molecule has 6 heteroatoms. The van der Waals surface area contributed by atoms with Crippen LogP contribution in [0.3, 0.4) is 0 Å². The van der Waals surface area contributed by atoms with Crippen LogP contribution < -0.4 is 9.47 Å². The Bertz CT molecular complexity index is 818. The molecule has 0 aromatic heterocycles. The number of carbonyl (C=O) groups excluding carboxylic acids is 1. The molecule has 0 radical (unpaired) electrons. The molecule has 130 valence electrons. The first-order chi connectivity index (χ1) is 12.0. The molecule has 1 amide bonds. The maximum atomic E-state index is 13.2. The third kappa shape index (κ3) is 3.33. The highest BCUT2D eigenvalue weighted by molar-refractivity contribution is 6.03. The van der Waals surface area contributed by atoms with E-state index in [0.29, 0.717) is 17.9 Å². The SMILES string of the molecule is COc1ccc(C2=NN(C(C)=O)C(c3ccc(F)cc3)C2)cc1OC. The summed E-state index contributed by atoms with van der Waals surface area (Å²) in [6.45, 7) is 1.47. The zero-order valence-corrected chi connectivity index (χ0v) is 14.3. The van der Waals surface area contributed by atoms with Crippen LogP contribution >= 0.6 is 0 Å². The topological polar surface area (TPSA) is 51.1 Å². The second-order valence-corrected chi connectivity index (χ2v) is 5.75. The Morgan fingerprint density at radius 1 is 1.12 bits per heavy atom. The van der Waals surface area contributed by atoms with Gasteiger partial charge in [-0.15, -0.1) is 0 Å². The smallest absolute Gasteiger partial charge is 0.240 e. The van der Waals surface area contributed by atoms with Crippen molar-refractivity contribution >= 4 is 11.6 Å². The molecule has 1 unspecified atom stereocenters. The second-order valence-electron chi connectivity index (χ2n) is 5.75. The van der Waals surface area contributed by atoms with E-state index < -0.39 is 0 Å². The molecule has 0 saturated heterocycles. The summed E-state index contributed by atoms with van der Waals surface area (Å²) in [6.07, 6.45) is 0.542. The van der Waals surface area contributed by atoms with Crippen molar-refractivity contribution in [1.82, 2.24) is 5.01 Å². The Labute approximate surface area is 145 Å². The number of ether oxygens (including phenoxy) is 2. The molecule has 2 aromatic rings. The number of benzene rings is 2. The minimum absolute atomic E-state index is 0.162. The Balaban J connectivity index is 1.94. The molecule has 1 aliphatic rings. The maximum Gasteiger partial charge on any atom is 0.240 e. The molecular formula is C19H19FN2O3. The van der Waals surface area contributed by atoms with Crippen LogP contribution in [0.1, 0.15) is 30.5 Å². The van der Waals surface area contributed by atoms with Gasteiger partial charge in [-0.1, -0.05) is 12.1 Å². The molecule has 1 heterocycles. The van der Waals surface area contributed by atoms with Gasteiger partial charge >= 0.3 is 0 Å². The Kier molecular flexibility index (Phi) is 4.70. The highest BCUT2D eigenvalue weighted by atomic mass is 19.1. The first-order valence-corrected chi connectivity index (χ1v) is 7.88. The van der Waals surface area contributed by atoms with E-state index in [1.807, 2.05) is 12.1 Å². The highest BCUT2D eigenvalue weighted by Gasteiger charge is 2.31. The lowest BCUT2D eigenvalue weighted by atomic mass is 9.98. The van der Waals surface area contributed by atoms with Gasteiger partial charge in [-0.2, -0.15) is 5.10 Å². The average Bonchev–Trinajstić information content (AvgIpc) is 3.07. The molecule has 0 spiro atoms. The third-order valence-corrected chi connectivity index (χ3v) is 4.20. The molecule has 25 heavy (non-hydrogen) atoms. The van der Waals surface area contributed by atoms with Gasteiger partial charge in [-0.25, -0.2) is 9.40 Å². The lowest BCUT2D eigenvalue weighted by Gasteiger charge is -2.20. The van der Waals surface area contributed by atoms with Crippen LogP contribution in [0.2, 0.25) is 0 Å². The standard InChI is InChI=1S/C19H19FN2O3/c1-12(23)22-17(13-4-7-15(20)8-5-13)11-16(21-22)14-6-9-18(24-2)19(10-14)25-3/h4-10,17H,11H2,1-3H3. The van der Waals surface area contributed by atoms with Crippen LogP contribution in [0.4, 0.5) is 4.39 Å². The molecule has 0 bridgehead atoms. The van der Waals surface area contributed by atoms with Gasteiger partial charge in [-0.05, 0) is 35.9 Å². The van der Waals surface area contributed by atoms with Gasteiger partial charge in [0.15, 0.2) is 11.5 Å². The second kappa shape index (κ2) is 6.93. The molecule has 0 N–H and O–H groups in total. The highest BCUT2D eigenvalue weighted by Crippen LogP contribution is 2.35. The number of nitrogens with zero attached hydrogens (tertiary/aromatic N) is 2. The Hall–Kier alpha value is -2.89. The van der Waals surface area contributed by atoms with E-state index >= 15 is 0 Å². The van der Waals surface area contributed by atoms with Crippen LogP contribution in [-0.2, 0) is 4.79 Å². The summed E-state index contributed by atoms with van der Waals surface area (Å²) in [6, 6.07) is 11.4. The zero-order valence-electron chi connectivity index (χ0n) is 14.3. The van der Waals surface area contributed by atoms with Crippen molar-refractivity contribution in [3.8, 4) is 11.5 Å². The quantitative estimate of drug-likeness (QED) is 0.854. The molecule has 0 saturated carbocycles. The monoisotopic (exact) mass is 342 g/mol. The first kappa shape index (κ1) is 17.0. The molecule has 1 aliphatic heterocycles. The van der Waals surface area contributed by atoms with E-state index in [0.717, 1.165) is 16.8 Å². The largest absolute Gasteiger partial charge is 0.493 e. The van der Waals surface area contributed by atoms with Gasteiger partial charge in [0.1, 0.15) is 5.82 Å². The van der Waals surface area contributed by atoms with Crippen molar-refractivity contribution in [3.05, 3.63) is 59.4 Å². The maximum absolute atomic E-state index is 13.2. The van der Waals surface area contributed by atoms with Gasteiger partial charge in [0.2, 0.25) is 5.91 Å². The van der Waals surface area contributed by atoms with Crippen LogP contribution in [0.5, 0.6) is 11.5 Å². The minimum Gasteiger partial charge on any atom is -0.493 e. The normalized spacial score (nSPS) is 16.6. The fraction of sp³-hybridized carbons (Fsp3) is 0.263. The minimum atomic E-state index is -0.308.